The summed E-state index contributed by atoms with van der Waals surface area (Å²) in [4.78, 5) is 14.1. The first kappa shape index (κ1) is 14.8. The molecular weight excluding hydrogens is 325 g/mol. The van der Waals surface area contributed by atoms with E-state index < -0.39 is 0 Å². The molecule has 1 aromatic carbocycles. The quantitative estimate of drug-likeness (QED) is 0.752. The maximum atomic E-state index is 12.1. The summed E-state index contributed by atoms with van der Waals surface area (Å²) in [5.74, 6) is -0.106. The largest absolute Gasteiger partial charge is 0.342 e. The van der Waals surface area contributed by atoms with E-state index in [-0.39, 0.29) is 5.91 Å². The molecule has 0 heterocycles. The second kappa shape index (κ2) is 6.62. The standard InChI is InChI=1S/C12H14BrCl2NO/c1-8(13)6-7-16(2)12(17)9-4-3-5-10(14)11(9)15/h3-5,8H,6-7H2,1-2H3. The second-order valence-corrected chi connectivity index (χ2v) is 6.25. The third-order valence-corrected chi connectivity index (χ3v) is 3.67. The number of carbonyl (C=O) groups excluding carboxylic acids is 1. The molecule has 1 atom stereocenters. The first-order chi connectivity index (χ1) is 7.93. The molecule has 1 amide bonds. The predicted octanol–water partition coefficient (Wildman–Crippen LogP) is 4.24. The zero-order valence-electron chi connectivity index (χ0n) is 9.71. The van der Waals surface area contributed by atoms with Crippen molar-refractivity contribution in [3.05, 3.63) is 33.8 Å². The second-order valence-electron chi connectivity index (χ2n) is 3.90. The van der Waals surface area contributed by atoms with Gasteiger partial charge in [-0.25, -0.2) is 0 Å². The number of carbonyl (C=O) groups is 1. The Morgan fingerprint density at radius 1 is 1.47 bits per heavy atom. The minimum Gasteiger partial charge on any atom is -0.342 e. The van der Waals surface area contributed by atoms with Crippen molar-refractivity contribution in [2.24, 2.45) is 0 Å². The molecule has 0 aliphatic rings. The third-order valence-electron chi connectivity index (χ3n) is 2.39. The molecular formula is C12H14BrCl2NO. The highest BCUT2D eigenvalue weighted by molar-refractivity contribution is 9.09. The molecule has 0 radical (unpaired) electrons. The third kappa shape index (κ3) is 4.16. The van der Waals surface area contributed by atoms with Gasteiger partial charge in [0, 0.05) is 18.4 Å². The highest BCUT2D eigenvalue weighted by atomic mass is 79.9. The van der Waals surface area contributed by atoms with E-state index in [0.29, 0.717) is 27.0 Å². The summed E-state index contributed by atoms with van der Waals surface area (Å²) in [5.41, 5.74) is 0.448. The average molecular weight is 339 g/mol. The highest BCUT2D eigenvalue weighted by Crippen LogP contribution is 2.26. The molecule has 0 N–H and O–H groups in total. The molecule has 0 aromatic heterocycles. The average Bonchev–Trinajstić information content (AvgIpc) is 2.28. The summed E-state index contributed by atoms with van der Waals surface area (Å²) >= 11 is 15.3. The number of rotatable bonds is 4. The van der Waals surface area contributed by atoms with Crippen LogP contribution in [0.3, 0.4) is 0 Å². The normalized spacial score (nSPS) is 12.3. The first-order valence-corrected chi connectivity index (χ1v) is 6.94. The number of halogens is 3. The molecule has 0 spiro atoms. The maximum absolute atomic E-state index is 12.1. The maximum Gasteiger partial charge on any atom is 0.255 e. The summed E-state index contributed by atoms with van der Waals surface area (Å²) in [5, 5.41) is 0.720. The van der Waals surface area contributed by atoms with Crippen LogP contribution in [-0.2, 0) is 0 Å². The minimum absolute atomic E-state index is 0.106. The van der Waals surface area contributed by atoms with E-state index in [1.54, 1.807) is 30.1 Å². The smallest absolute Gasteiger partial charge is 0.255 e. The van der Waals surface area contributed by atoms with Crippen molar-refractivity contribution in [2.75, 3.05) is 13.6 Å². The van der Waals surface area contributed by atoms with Gasteiger partial charge in [0.05, 0.1) is 15.6 Å². The fraction of sp³-hybridized carbons (Fsp3) is 0.417. The Morgan fingerprint density at radius 3 is 2.71 bits per heavy atom. The molecule has 0 fully saturated rings. The Bertz CT molecular complexity index is 409. The number of nitrogens with zero attached hydrogens (tertiary/aromatic N) is 1. The number of benzene rings is 1. The Hall–Kier alpha value is -0.250. The van der Waals surface area contributed by atoms with E-state index in [1.807, 2.05) is 6.92 Å². The molecule has 94 valence electrons. The number of alkyl halides is 1. The number of amides is 1. The van der Waals surface area contributed by atoms with E-state index >= 15 is 0 Å². The van der Waals surface area contributed by atoms with Gasteiger partial charge in [0.2, 0.25) is 0 Å². The molecule has 17 heavy (non-hydrogen) atoms. The Balaban J connectivity index is 2.78. The molecule has 0 aliphatic heterocycles. The van der Waals surface area contributed by atoms with Gasteiger partial charge in [0.1, 0.15) is 0 Å². The molecule has 1 unspecified atom stereocenters. The van der Waals surface area contributed by atoms with Crippen LogP contribution in [0.2, 0.25) is 10.0 Å². The summed E-state index contributed by atoms with van der Waals surface area (Å²) in [6, 6.07) is 5.08. The molecule has 2 nitrogen and oxygen atoms in total. The zero-order valence-corrected chi connectivity index (χ0v) is 12.8. The van der Waals surface area contributed by atoms with Crippen molar-refractivity contribution in [3.63, 3.8) is 0 Å². The lowest BCUT2D eigenvalue weighted by molar-refractivity contribution is 0.0794. The van der Waals surface area contributed by atoms with Crippen molar-refractivity contribution in [1.82, 2.24) is 4.90 Å². The molecule has 0 saturated carbocycles. The molecule has 1 rings (SSSR count). The van der Waals surface area contributed by atoms with E-state index in [2.05, 4.69) is 15.9 Å². The van der Waals surface area contributed by atoms with Crippen molar-refractivity contribution in [1.29, 1.82) is 0 Å². The van der Waals surface area contributed by atoms with Crippen molar-refractivity contribution in [2.45, 2.75) is 18.2 Å². The number of hydrogen-bond donors (Lipinski definition) is 0. The van der Waals surface area contributed by atoms with Crippen LogP contribution in [0.5, 0.6) is 0 Å². The van der Waals surface area contributed by atoms with Gasteiger partial charge in [-0.2, -0.15) is 0 Å². The van der Waals surface area contributed by atoms with E-state index in [1.165, 1.54) is 0 Å². The fourth-order valence-electron chi connectivity index (χ4n) is 1.35. The minimum atomic E-state index is -0.106. The zero-order chi connectivity index (χ0) is 13.0. The van der Waals surface area contributed by atoms with Gasteiger partial charge in [-0.05, 0) is 18.6 Å². The van der Waals surface area contributed by atoms with Crippen molar-refractivity contribution in [3.8, 4) is 0 Å². The predicted molar refractivity (Wildman–Crippen MR) is 76.4 cm³/mol. The van der Waals surface area contributed by atoms with Gasteiger partial charge in [-0.1, -0.05) is 52.1 Å². The monoisotopic (exact) mass is 337 g/mol. The molecule has 0 bridgehead atoms. The van der Waals surface area contributed by atoms with E-state index in [0.717, 1.165) is 6.42 Å². The van der Waals surface area contributed by atoms with Crippen molar-refractivity contribution >= 4 is 45.0 Å². The van der Waals surface area contributed by atoms with Gasteiger partial charge >= 0.3 is 0 Å². The summed E-state index contributed by atoms with van der Waals surface area (Å²) in [7, 11) is 1.76. The van der Waals surface area contributed by atoms with Gasteiger partial charge in [0.15, 0.2) is 0 Å². The first-order valence-electron chi connectivity index (χ1n) is 5.27. The van der Waals surface area contributed by atoms with E-state index in [9.17, 15) is 4.79 Å². The van der Waals surface area contributed by atoms with Crippen LogP contribution in [0.1, 0.15) is 23.7 Å². The van der Waals surface area contributed by atoms with Crippen LogP contribution in [-0.4, -0.2) is 29.2 Å². The highest BCUT2D eigenvalue weighted by Gasteiger charge is 2.16. The molecule has 0 saturated heterocycles. The molecule has 5 heteroatoms. The Kier molecular flexibility index (Phi) is 5.77. The lowest BCUT2D eigenvalue weighted by Crippen LogP contribution is -2.29. The van der Waals surface area contributed by atoms with Crippen LogP contribution >= 0.6 is 39.1 Å². The van der Waals surface area contributed by atoms with Gasteiger partial charge in [0.25, 0.3) is 5.91 Å². The van der Waals surface area contributed by atoms with Crippen LogP contribution in [0.25, 0.3) is 0 Å². The number of hydrogen-bond acceptors (Lipinski definition) is 1. The Morgan fingerprint density at radius 2 is 2.12 bits per heavy atom. The molecule has 0 aliphatic carbocycles. The van der Waals surface area contributed by atoms with Crippen molar-refractivity contribution < 1.29 is 4.79 Å². The lowest BCUT2D eigenvalue weighted by atomic mass is 10.2. The van der Waals surface area contributed by atoms with Crippen LogP contribution < -0.4 is 0 Å². The van der Waals surface area contributed by atoms with Gasteiger partial charge in [-0.3, -0.25) is 4.79 Å². The summed E-state index contributed by atoms with van der Waals surface area (Å²) < 4.78 is 0. The lowest BCUT2D eigenvalue weighted by Gasteiger charge is -2.18. The van der Waals surface area contributed by atoms with Gasteiger partial charge in [-0.15, -0.1) is 0 Å². The van der Waals surface area contributed by atoms with Crippen LogP contribution in [0.4, 0.5) is 0 Å². The van der Waals surface area contributed by atoms with Crippen LogP contribution in [0.15, 0.2) is 18.2 Å². The van der Waals surface area contributed by atoms with Crippen LogP contribution in [0, 0.1) is 0 Å². The summed E-state index contributed by atoms with van der Waals surface area (Å²) in [6.07, 6.45) is 0.889. The topological polar surface area (TPSA) is 20.3 Å². The summed E-state index contributed by atoms with van der Waals surface area (Å²) in [6.45, 7) is 2.72. The van der Waals surface area contributed by atoms with Gasteiger partial charge < -0.3 is 4.90 Å². The van der Waals surface area contributed by atoms with E-state index in [4.69, 9.17) is 23.2 Å². The fourth-order valence-corrected chi connectivity index (χ4v) is 1.93. The Labute approximate surface area is 120 Å². The SMILES string of the molecule is CC(Br)CCN(C)C(=O)c1cccc(Cl)c1Cl. The molecule has 1 aromatic rings.